The molecule has 2 atom stereocenters. The van der Waals surface area contributed by atoms with Crippen LogP contribution in [-0.4, -0.2) is 44.8 Å². The van der Waals surface area contributed by atoms with Crippen LogP contribution < -0.4 is 15.4 Å². The molecule has 11 heteroatoms. The number of aromatic amines is 1. The monoisotopic (exact) mass is 556 g/mol. The maximum absolute atomic E-state index is 14.1. The Balaban J connectivity index is 1.22. The molecule has 1 aromatic carbocycles. The second kappa shape index (κ2) is 9.53. The highest BCUT2D eigenvalue weighted by Crippen LogP contribution is 2.61. The maximum Gasteiger partial charge on any atom is 0.257 e. The largest absolute Gasteiger partial charge is 0.493 e. The van der Waals surface area contributed by atoms with E-state index in [2.05, 4.69) is 31.0 Å². The van der Waals surface area contributed by atoms with Gasteiger partial charge in [-0.1, -0.05) is 11.2 Å². The van der Waals surface area contributed by atoms with E-state index in [4.69, 9.17) is 9.26 Å². The Morgan fingerprint density at radius 3 is 2.68 bits per heavy atom. The summed E-state index contributed by atoms with van der Waals surface area (Å²) < 4.78 is 25.2. The van der Waals surface area contributed by atoms with Gasteiger partial charge < -0.3 is 19.9 Å². The molecule has 0 radical (unpaired) electrons. The van der Waals surface area contributed by atoms with Gasteiger partial charge in [-0.2, -0.15) is 5.10 Å². The highest BCUT2D eigenvalue weighted by molar-refractivity contribution is 6.02. The minimum absolute atomic E-state index is 0.190. The number of hydrogen-bond donors (Lipinski definition) is 3. The third-order valence-electron chi connectivity index (χ3n) is 8.50. The lowest BCUT2D eigenvalue weighted by Gasteiger charge is -2.38. The quantitative estimate of drug-likeness (QED) is 0.298. The predicted molar refractivity (Wildman–Crippen MR) is 146 cm³/mol. The zero-order valence-electron chi connectivity index (χ0n) is 22.7. The molecule has 3 N–H and O–H groups in total. The van der Waals surface area contributed by atoms with Gasteiger partial charge in [-0.05, 0) is 57.7 Å². The van der Waals surface area contributed by atoms with E-state index in [1.54, 1.807) is 18.3 Å². The van der Waals surface area contributed by atoms with Crippen molar-refractivity contribution in [3.8, 4) is 17.0 Å². The number of pyridine rings is 1. The highest BCUT2D eigenvalue weighted by Gasteiger charge is 2.58. The third-order valence-corrected chi connectivity index (χ3v) is 8.50. The molecule has 1 aliphatic heterocycles. The van der Waals surface area contributed by atoms with Crippen LogP contribution >= 0.6 is 0 Å². The molecule has 10 nitrogen and oxygen atoms in total. The summed E-state index contributed by atoms with van der Waals surface area (Å²) in [5.41, 5.74) is 5.16. The van der Waals surface area contributed by atoms with Crippen LogP contribution in [-0.2, 0) is 4.79 Å². The minimum atomic E-state index is -0.974. The van der Waals surface area contributed by atoms with E-state index in [9.17, 15) is 14.0 Å². The Bertz CT molecular complexity index is 1630. The van der Waals surface area contributed by atoms with E-state index in [1.807, 2.05) is 19.9 Å². The number of rotatable bonds is 7. The number of benzene rings is 1. The number of anilines is 1. The molecule has 7 rings (SSSR count). The standard InChI is InChI=1S/C30H29FN6O4/c1-15-24(16(2)36-35-15)22-8-6-19(12-32-22)33-29(39)27(34-28(38)21-13-41-37-26(21)17-3-4-17)25-20-7-5-18(31)11-23(20)40-14-30(25)9-10-30/h5-8,11-13,17,25,27H,3-4,9-10,14H2,1-2H3,(H,33,39)(H,34,38)(H,35,36)/t25?,27-/m0/s1. The summed E-state index contributed by atoms with van der Waals surface area (Å²) in [6.07, 6.45) is 6.46. The fourth-order valence-electron chi connectivity index (χ4n) is 6.03. The van der Waals surface area contributed by atoms with Crippen LogP contribution in [0, 0.1) is 25.1 Å². The van der Waals surface area contributed by atoms with Crippen molar-refractivity contribution >= 4 is 17.5 Å². The molecule has 2 aliphatic carbocycles. The lowest BCUT2D eigenvalue weighted by atomic mass is 9.75. The first kappa shape index (κ1) is 25.4. The van der Waals surface area contributed by atoms with Gasteiger partial charge in [0.2, 0.25) is 5.91 Å². The Labute approximate surface area is 235 Å². The molecule has 41 heavy (non-hydrogen) atoms. The van der Waals surface area contributed by atoms with Crippen molar-refractivity contribution in [3.05, 3.63) is 76.8 Å². The topological polar surface area (TPSA) is 135 Å². The van der Waals surface area contributed by atoms with Gasteiger partial charge in [0.15, 0.2) is 0 Å². The fraction of sp³-hybridized carbons (Fsp3) is 0.367. The van der Waals surface area contributed by atoms with E-state index in [0.29, 0.717) is 34.9 Å². The molecule has 2 amide bonds. The first-order valence-corrected chi connectivity index (χ1v) is 13.8. The number of hydrogen-bond acceptors (Lipinski definition) is 7. The molecule has 0 saturated heterocycles. The van der Waals surface area contributed by atoms with Crippen molar-refractivity contribution < 1.29 is 23.2 Å². The van der Waals surface area contributed by atoms with Crippen molar-refractivity contribution in [1.29, 1.82) is 0 Å². The molecule has 2 saturated carbocycles. The Hall–Kier alpha value is -4.54. The van der Waals surface area contributed by atoms with E-state index in [0.717, 1.165) is 48.3 Å². The predicted octanol–water partition coefficient (Wildman–Crippen LogP) is 4.79. The highest BCUT2D eigenvalue weighted by atomic mass is 19.1. The van der Waals surface area contributed by atoms with Crippen molar-refractivity contribution in [2.75, 3.05) is 11.9 Å². The summed E-state index contributed by atoms with van der Waals surface area (Å²) in [5, 5.41) is 17.2. The van der Waals surface area contributed by atoms with Gasteiger partial charge in [0.25, 0.3) is 5.91 Å². The van der Waals surface area contributed by atoms with Crippen LogP contribution in [0.25, 0.3) is 11.3 Å². The van der Waals surface area contributed by atoms with E-state index < -0.39 is 29.6 Å². The molecule has 1 unspecified atom stereocenters. The number of carbonyl (C=O) groups excluding carboxylic acids is 2. The van der Waals surface area contributed by atoms with Gasteiger partial charge in [-0.15, -0.1) is 0 Å². The summed E-state index contributed by atoms with van der Waals surface area (Å²) in [6.45, 7) is 4.17. The molecular formula is C30H29FN6O4. The number of fused-ring (bicyclic) bond motifs is 1. The van der Waals surface area contributed by atoms with Crippen molar-refractivity contribution in [1.82, 2.24) is 25.7 Å². The van der Waals surface area contributed by atoms with Crippen molar-refractivity contribution in [3.63, 3.8) is 0 Å². The smallest absolute Gasteiger partial charge is 0.257 e. The number of amides is 2. The van der Waals surface area contributed by atoms with Crippen LogP contribution in [0.5, 0.6) is 5.75 Å². The number of H-pyrrole nitrogens is 1. The van der Waals surface area contributed by atoms with Gasteiger partial charge in [-0.3, -0.25) is 19.7 Å². The zero-order chi connectivity index (χ0) is 28.3. The summed E-state index contributed by atoms with van der Waals surface area (Å²) in [6, 6.07) is 6.97. The molecule has 210 valence electrons. The number of nitrogens with zero attached hydrogens (tertiary/aromatic N) is 3. The molecule has 2 fully saturated rings. The van der Waals surface area contributed by atoms with Gasteiger partial charge in [0, 0.05) is 40.1 Å². The van der Waals surface area contributed by atoms with Crippen LogP contribution in [0.4, 0.5) is 10.1 Å². The van der Waals surface area contributed by atoms with Gasteiger partial charge in [0.1, 0.15) is 29.4 Å². The number of carbonyl (C=O) groups is 2. The first-order valence-electron chi connectivity index (χ1n) is 13.8. The molecule has 0 bridgehead atoms. The van der Waals surface area contributed by atoms with Crippen LogP contribution in [0.3, 0.4) is 0 Å². The van der Waals surface area contributed by atoms with Crippen molar-refractivity contribution in [2.45, 2.75) is 57.4 Å². The van der Waals surface area contributed by atoms with Crippen LogP contribution in [0.1, 0.15) is 70.5 Å². The summed E-state index contributed by atoms with van der Waals surface area (Å²) >= 11 is 0. The Morgan fingerprint density at radius 2 is 2.00 bits per heavy atom. The minimum Gasteiger partial charge on any atom is -0.493 e. The van der Waals surface area contributed by atoms with E-state index in [1.165, 1.54) is 18.4 Å². The van der Waals surface area contributed by atoms with Gasteiger partial charge >= 0.3 is 0 Å². The molecule has 3 aromatic heterocycles. The normalized spacial score (nSPS) is 19.2. The van der Waals surface area contributed by atoms with E-state index in [-0.39, 0.29) is 11.3 Å². The molecule has 3 aliphatic rings. The van der Waals surface area contributed by atoms with Gasteiger partial charge in [0.05, 0.1) is 35.6 Å². The van der Waals surface area contributed by atoms with E-state index >= 15 is 0 Å². The zero-order valence-corrected chi connectivity index (χ0v) is 22.7. The molecule has 4 heterocycles. The third kappa shape index (κ3) is 4.55. The lowest BCUT2D eigenvalue weighted by Crippen LogP contribution is -2.52. The maximum atomic E-state index is 14.1. The summed E-state index contributed by atoms with van der Waals surface area (Å²) in [4.78, 5) is 32.2. The SMILES string of the molecule is Cc1n[nH]c(C)c1-c1ccc(NC(=O)[C@@H](NC(=O)c2conc2C2CC2)C2c3ccc(F)cc3OCC23CC3)cn1. The van der Waals surface area contributed by atoms with Crippen LogP contribution in [0.15, 0.2) is 47.3 Å². The fourth-order valence-corrected chi connectivity index (χ4v) is 6.03. The molecule has 1 spiro atoms. The second-order valence-electron chi connectivity index (χ2n) is 11.4. The number of ether oxygens (including phenoxy) is 1. The molecule has 4 aromatic rings. The Morgan fingerprint density at radius 1 is 1.17 bits per heavy atom. The summed E-state index contributed by atoms with van der Waals surface area (Å²) in [7, 11) is 0. The average molecular weight is 557 g/mol. The molecular weight excluding hydrogens is 527 g/mol. The van der Waals surface area contributed by atoms with Crippen LogP contribution in [0.2, 0.25) is 0 Å². The van der Waals surface area contributed by atoms with Crippen molar-refractivity contribution in [2.24, 2.45) is 5.41 Å². The lowest BCUT2D eigenvalue weighted by molar-refractivity contribution is -0.119. The number of halogens is 1. The number of aryl methyl sites for hydroxylation is 2. The number of nitrogens with one attached hydrogen (secondary N) is 3. The summed E-state index contributed by atoms with van der Waals surface area (Å²) in [5.74, 6) is -1.11. The Kier molecular flexibility index (Phi) is 5.91. The second-order valence-corrected chi connectivity index (χ2v) is 11.4. The average Bonchev–Trinajstić information content (AvgIpc) is 3.88. The van der Waals surface area contributed by atoms with Gasteiger partial charge in [-0.25, -0.2) is 4.39 Å². The first-order chi connectivity index (χ1) is 19.8. The number of aromatic nitrogens is 4.